The fourth-order valence-corrected chi connectivity index (χ4v) is 2.00. The van der Waals surface area contributed by atoms with E-state index in [1.165, 1.54) is 7.11 Å². The lowest BCUT2D eigenvalue weighted by Gasteiger charge is -2.22. The Hall–Kier alpha value is -0.610. The molecule has 88 valence electrons. The third-order valence-electron chi connectivity index (χ3n) is 2.89. The predicted octanol–water partition coefficient (Wildman–Crippen LogP) is 0.479. The van der Waals surface area contributed by atoms with E-state index in [0.29, 0.717) is 12.3 Å². The molecular weight excluding hydrogens is 192 g/mol. The molecule has 0 aromatic rings. The summed E-state index contributed by atoms with van der Waals surface area (Å²) in [6.07, 6.45) is 0.472. The minimum Gasteiger partial charge on any atom is -0.469 e. The number of likely N-dealkylation sites (N-methyl/N-ethyl adjacent to an activating group) is 1. The molecule has 1 saturated heterocycles. The van der Waals surface area contributed by atoms with Gasteiger partial charge in [-0.15, -0.1) is 0 Å². The van der Waals surface area contributed by atoms with E-state index in [9.17, 15) is 4.79 Å². The molecule has 15 heavy (non-hydrogen) atoms. The molecule has 0 radical (unpaired) electrons. The third-order valence-corrected chi connectivity index (χ3v) is 2.89. The fraction of sp³-hybridized carbons (Fsp3) is 0.909. The standard InChI is InChI=1S/C11H22N2O2/c1-4-13-7-9(2)6-12-10(8-13)5-11(14)15-3/h9-10,12H,4-8H2,1-3H3. The van der Waals surface area contributed by atoms with Crippen molar-refractivity contribution in [3.63, 3.8) is 0 Å². The number of methoxy groups -OCH3 is 1. The minimum absolute atomic E-state index is 0.127. The first-order valence-electron chi connectivity index (χ1n) is 5.68. The van der Waals surface area contributed by atoms with Crippen LogP contribution in [-0.4, -0.2) is 50.2 Å². The Labute approximate surface area is 92.0 Å². The van der Waals surface area contributed by atoms with Crippen LogP contribution >= 0.6 is 0 Å². The van der Waals surface area contributed by atoms with Crippen LogP contribution in [0.15, 0.2) is 0 Å². The van der Waals surface area contributed by atoms with E-state index >= 15 is 0 Å². The molecule has 1 aliphatic rings. The highest BCUT2D eigenvalue weighted by molar-refractivity contribution is 5.69. The molecule has 0 aromatic carbocycles. The quantitative estimate of drug-likeness (QED) is 0.694. The van der Waals surface area contributed by atoms with Crippen LogP contribution in [0.2, 0.25) is 0 Å². The molecule has 0 spiro atoms. The number of carbonyl (C=O) groups excluding carboxylic acids is 1. The number of nitrogens with one attached hydrogen (secondary N) is 1. The van der Waals surface area contributed by atoms with Crippen molar-refractivity contribution in [1.82, 2.24) is 10.2 Å². The molecule has 0 saturated carbocycles. The van der Waals surface area contributed by atoms with Crippen molar-refractivity contribution < 1.29 is 9.53 Å². The Morgan fingerprint density at radius 1 is 1.53 bits per heavy atom. The molecular formula is C11H22N2O2. The zero-order chi connectivity index (χ0) is 11.3. The van der Waals surface area contributed by atoms with E-state index in [1.807, 2.05) is 0 Å². The summed E-state index contributed by atoms with van der Waals surface area (Å²) >= 11 is 0. The molecule has 1 N–H and O–H groups in total. The summed E-state index contributed by atoms with van der Waals surface area (Å²) in [6.45, 7) is 8.47. The zero-order valence-electron chi connectivity index (χ0n) is 9.95. The van der Waals surface area contributed by atoms with E-state index in [1.54, 1.807) is 0 Å². The number of nitrogens with zero attached hydrogens (tertiary/aromatic N) is 1. The first-order chi connectivity index (χ1) is 7.15. The Kier molecular flexibility index (Phi) is 5.05. The van der Waals surface area contributed by atoms with Crippen LogP contribution < -0.4 is 5.32 Å². The highest BCUT2D eigenvalue weighted by Crippen LogP contribution is 2.08. The van der Waals surface area contributed by atoms with Crippen molar-refractivity contribution in [3.05, 3.63) is 0 Å². The molecule has 4 nitrogen and oxygen atoms in total. The first-order valence-corrected chi connectivity index (χ1v) is 5.68. The smallest absolute Gasteiger partial charge is 0.307 e. The fourth-order valence-electron chi connectivity index (χ4n) is 2.00. The highest BCUT2D eigenvalue weighted by atomic mass is 16.5. The second kappa shape index (κ2) is 6.08. The SMILES string of the molecule is CCN1CC(C)CNC(CC(=O)OC)C1. The van der Waals surface area contributed by atoms with E-state index in [0.717, 1.165) is 26.2 Å². The van der Waals surface area contributed by atoms with Crippen molar-refractivity contribution in [2.45, 2.75) is 26.3 Å². The van der Waals surface area contributed by atoms with Crippen LogP contribution in [0.25, 0.3) is 0 Å². The number of hydrogen-bond donors (Lipinski definition) is 1. The summed E-state index contributed by atoms with van der Waals surface area (Å²) in [6, 6.07) is 0.238. The van der Waals surface area contributed by atoms with E-state index in [-0.39, 0.29) is 12.0 Å². The van der Waals surface area contributed by atoms with E-state index < -0.39 is 0 Å². The summed E-state index contributed by atoms with van der Waals surface area (Å²) in [7, 11) is 1.44. The maximum atomic E-state index is 11.2. The lowest BCUT2D eigenvalue weighted by molar-refractivity contribution is -0.141. The second-order valence-electron chi connectivity index (χ2n) is 4.34. The van der Waals surface area contributed by atoms with Gasteiger partial charge in [-0.05, 0) is 19.0 Å². The Morgan fingerprint density at radius 2 is 2.27 bits per heavy atom. The number of rotatable bonds is 3. The molecule has 0 aliphatic carbocycles. The number of esters is 1. The van der Waals surface area contributed by atoms with Gasteiger partial charge in [0.2, 0.25) is 0 Å². The molecule has 1 aliphatic heterocycles. The number of carbonyl (C=O) groups is 1. The average Bonchev–Trinajstić information content (AvgIpc) is 2.40. The van der Waals surface area contributed by atoms with Gasteiger partial charge >= 0.3 is 5.97 Å². The second-order valence-corrected chi connectivity index (χ2v) is 4.34. The lowest BCUT2D eigenvalue weighted by Crippen LogP contribution is -2.39. The molecule has 0 amide bonds. The van der Waals surface area contributed by atoms with Gasteiger partial charge in [-0.3, -0.25) is 4.79 Å². The van der Waals surface area contributed by atoms with Gasteiger partial charge in [-0.25, -0.2) is 0 Å². The summed E-state index contributed by atoms with van der Waals surface area (Å²) in [5.74, 6) is 0.519. The summed E-state index contributed by atoms with van der Waals surface area (Å²) in [5.41, 5.74) is 0. The molecule has 2 atom stereocenters. The van der Waals surface area contributed by atoms with E-state index in [2.05, 4.69) is 24.1 Å². The Bertz CT molecular complexity index is 209. The van der Waals surface area contributed by atoms with Gasteiger partial charge in [0.1, 0.15) is 0 Å². The number of hydrogen-bond acceptors (Lipinski definition) is 4. The van der Waals surface area contributed by atoms with E-state index in [4.69, 9.17) is 4.74 Å². The molecule has 1 rings (SSSR count). The van der Waals surface area contributed by atoms with Crippen LogP contribution in [0, 0.1) is 5.92 Å². The topological polar surface area (TPSA) is 41.6 Å². The van der Waals surface area contributed by atoms with Gasteiger partial charge in [-0.1, -0.05) is 13.8 Å². The van der Waals surface area contributed by atoms with Gasteiger partial charge in [0.25, 0.3) is 0 Å². The average molecular weight is 214 g/mol. The summed E-state index contributed by atoms with van der Waals surface area (Å²) < 4.78 is 4.69. The highest BCUT2D eigenvalue weighted by Gasteiger charge is 2.22. The van der Waals surface area contributed by atoms with Crippen LogP contribution in [0.4, 0.5) is 0 Å². The molecule has 2 unspecified atom stereocenters. The van der Waals surface area contributed by atoms with Crippen molar-refractivity contribution in [2.24, 2.45) is 5.92 Å². The molecule has 1 fully saturated rings. The summed E-state index contributed by atoms with van der Waals surface area (Å²) in [5, 5.41) is 3.42. The lowest BCUT2D eigenvalue weighted by atomic mass is 10.2. The first kappa shape index (κ1) is 12.5. The van der Waals surface area contributed by atoms with Crippen LogP contribution in [0.5, 0.6) is 0 Å². The van der Waals surface area contributed by atoms with Crippen LogP contribution in [-0.2, 0) is 9.53 Å². The van der Waals surface area contributed by atoms with Crippen molar-refractivity contribution in [3.8, 4) is 0 Å². The summed E-state index contributed by atoms with van der Waals surface area (Å²) in [4.78, 5) is 13.6. The normalized spacial score (nSPS) is 28.5. The van der Waals surface area contributed by atoms with Crippen molar-refractivity contribution >= 4 is 5.97 Å². The molecule has 0 aromatic heterocycles. The van der Waals surface area contributed by atoms with Gasteiger partial charge in [0.15, 0.2) is 0 Å². The third kappa shape index (κ3) is 4.18. The van der Waals surface area contributed by atoms with Gasteiger partial charge in [0, 0.05) is 19.1 Å². The van der Waals surface area contributed by atoms with Gasteiger partial charge in [-0.2, -0.15) is 0 Å². The Balaban J connectivity index is 2.46. The van der Waals surface area contributed by atoms with Gasteiger partial charge in [0.05, 0.1) is 13.5 Å². The monoisotopic (exact) mass is 214 g/mol. The Morgan fingerprint density at radius 3 is 2.87 bits per heavy atom. The van der Waals surface area contributed by atoms with Crippen molar-refractivity contribution in [2.75, 3.05) is 33.3 Å². The molecule has 0 bridgehead atoms. The molecule has 4 heteroatoms. The largest absolute Gasteiger partial charge is 0.469 e. The van der Waals surface area contributed by atoms with Gasteiger partial charge < -0.3 is 15.0 Å². The van der Waals surface area contributed by atoms with Crippen LogP contribution in [0.3, 0.4) is 0 Å². The molecule has 1 heterocycles. The van der Waals surface area contributed by atoms with Crippen LogP contribution in [0.1, 0.15) is 20.3 Å². The van der Waals surface area contributed by atoms with Crippen molar-refractivity contribution in [1.29, 1.82) is 0 Å². The maximum absolute atomic E-state index is 11.2. The zero-order valence-corrected chi connectivity index (χ0v) is 9.95. The maximum Gasteiger partial charge on any atom is 0.307 e. The minimum atomic E-state index is -0.127. The predicted molar refractivity (Wildman–Crippen MR) is 59.7 cm³/mol. The number of ether oxygens (including phenoxy) is 1.